The fourth-order valence-corrected chi connectivity index (χ4v) is 3.51. The molecule has 6 nitrogen and oxygen atoms in total. The summed E-state index contributed by atoms with van der Waals surface area (Å²) in [5.41, 5.74) is 0. The zero-order valence-corrected chi connectivity index (χ0v) is 10.2. The summed E-state index contributed by atoms with van der Waals surface area (Å²) >= 11 is 6.66. The van der Waals surface area contributed by atoms with Gasteiger partial charge in [0.1, 0.15) is 16.4 Å². The van der Waals surface area contributed by atoms with Gasteiger partial charge in [-0.15, -0.1) is 11.3 Å². The van der Waals surface area contributed by atoms with Gasteiger partial charge >= 0.3 is 0 Å². The Hall–Kier alpha value is -0.960. The van der Waals surface area contributed by atoms with Gasteiger partial charge in [-0.05, 0) is 12.1 Å². The van der Waals surface area contributed by atoms with E-state index in [1.54, 1.807) is 0 Å². The number of nitrogens with one attached hydrogen (secondary N) is 2. The number of hydrogen-bond acceptors (Lipinski definition) is 5. The highest BCUT2D eigenvalue weighted by Gasteiger charge is 2.16. The van der Waals surface area contributed by atoms with Crippen molar-refractivity contribution in [3.8, 4) is 0 Å². The zero-order chi connectivity index (χ0) is 11.6. The van der Waals surface area contributed by atoms with Gasteiger partial charge in [-0.1, -0.05) is 11.6 Å². The van der Waals surface area contributed by atoms with Crippen LogP contribution in [0.5, 0.6) is 0 Å². The molecule has 0 radical (unpaired) electrons. The van der Waals surface area contributed by atoms with Crippen LogP contribution in [0.25, 0.3) is 0 Å². The van der Waals surface area contributed by atoms with Gasteiger partial charge in [0.15, 0.2) is 0 Å². The molecule has 9 heteroatoms. The number of thiophene rings is 1. The number of halogens is 1. The summed E-state index contributed by atoms with van der Waals surface area (Å²) in [6.45, 7) is 0.0673. The van der Waals surface area contributed by atoms with Gasteiger partial charge in [-0.2, -0.15) is 5.10 Å². The number of hydrogen-bond donors (Lipinski definition) is 2. The summed E-state index contributed by atoms with van der Waals surface area (Å²) in [5, 5.41) is 6.17. The van der Waals surface area contributed by atoms with Gasteiger partial charge in [0.2, 0.25) is 0 Å². The Bertz CT molecular complexity index is 563. The highest BCUT2D eigenvalue weighted by Crippen LogP contribution is 2.25. The number of nitrogens with zero attached hydrogens (tertiary/aromatic N) is 2. The van der Waals surface area contributed by atoms with Gasteiger partial charge in [-0.3, -0.25) is 5.10 Å². The van der Waals surface area contributed by atoms with E-state index in [0.29, 0.717) is 10.2 Å². The minimum absolute atomic E-state index is 0.0673. The molecule has 0 aliphatic rings. The van der Waals surface area contributed by atoms with E-state index in [0.717, 1.165) is 11.3 Å². The highest BCUT2D eigenvalue weighted by molar-refractivity contribution is 7.91. The molecule has 0 aliphatic heterocycles. The first-order valence-corrected chi connectivity index (χ1v) is 6.85. The Balaban J connectivity index is 2.09. The van der Waals surface area contributed by atoms with E-state index in [1.807, 2.05) is 0 Å². The van der Waals surface area contributed by atoms with Crippen LogP contribution < -0.4 is 4.72 Å². The Labute approximate surface area is 101 Å². The minimum atomic E-state index is -3.52. The third-order valence-corrected chi connectivity index (χ3v) is 4.83. The fourth-order valence-electron chi connectivity index (χ4n) is 0.993. The van der Waals surface area contributed by atoms with E-state index < -0.39 is 10.0 Å². The van der Waals surface area contributed by atoms with E-state index in [1.165, 1.54) is 18.5 Å². The minimum Gasteiger partial charge on any atom is -0.262 e. The highest BCUT2D eigenvalue weighted by atomic mass is 35.5. The molecule has 2 rings (SSSR count). The first-order chi connectivity index (χ1) is 7.58. The van der Waals surface area contributed by atoms with E-state index >= 15 is 0 Å². The Kier molecular flexibility index (Phi) is 3.24. The van der Waals surface area contributed by atoms with E-state index in [-0.39, 0.29) is 10.8 Å². The maximum Gasteiger partial charge on any atom is 0.250 e. The van der Waals surface area contributed by atoms with Crippen LogP contribution in [0.15, 0.2) is 22.7 Å². The number of aromatic nitrogens is 3. The lowest BCUT2D eigenvalue weighted by Gasteiger charge is -2.01. The number of aromatic amines is 1. The van der Waals surface area contributed by atoms with Crippen molar-refractivity contribution in [1.82, 2.24) is 19.9 Å². The van der Waals surface area contributed by atoms with Gasteiger partial charge in [0.05, 0.1) is 10.9 Å². The molecule has 2 aromatic heterocycles. The van der Waals surface area contributed by atoms with Gasteiger partial charge in [0, 0.05) is 0 Å². The molecule has 2 heterocycles. The molecular weight excluding hydrogens is 272 g/mol. The van der Waals surface area contributed by atoms with Crippen molar-refractivity contribution in [2.45, 2.75) is 10.8 Å². The molecule has 0 bridgehead atoms. The molecule has 0 amide bonds. The van der Waals surface area contributed by atoms with Crippen LogP contribution in [-0.4, -0.2) is 23.6 Å². The first-order valence-electron chi connectivity index (χ1n) is 4.17. The van der Waals surface area contributed by atoms with Gasteiger partial charge < -0.3 is 0 Å². The second kappa shape index (κ2) is 4.50. The maximum atomic E-state index is 11.7. The second-order valence-corrected chi connectivity index (χ2v) is 6.52. The molecule has 0 saturated heterocycles. The standard InChI is InChI=1S/C7H7ClN4O2S2/c8-5-1-2-7(15-5)16(13,14)11-3-6-9-4-10-12-6/h1-2,4,11H,3H2,(H,9,10,12). The van der Waals surface area contributed by atoms with Crippen molar-refractivity contribution in [2.75, 3.05) is 0 Å². The molecule has 0 unspecified atom stereocenters. The summed E-state index contributed by atoms with van der Waals surface area (Å²) in [6, 6.07) is 2.99. The summed E-state index contributed by atoms with van der Waals surface area (Å²) in [5.74, 6) is 0.450. The fraction of sp³-hybridized carbons (Fsp3) is 0.143. The van der Waals surface area contributed by atoms with E-state index in [2.05, 4.69) is 19.9 Å². The number of H-pyrrole nitrogens is 1. The molecule has 0 atom stereocenters. The average Bonchev–Trinajstić information content (AvgIpc) is 2.85. The van der Waals surface area contributed by atoms with Crippen LogP contribution in [0.3, 0.4) is 0 Å². The van der Waals surface area contributed by atoms with Crippen molar-refractivity contribution in [3.63, 3.8) is 0 Å². The SMILES string of the molecule is O=S(=O)(NCc1ncn[nH]1)c1ccc(Cl)s1. The number of sulfonamides is 1. The zero-order valence-electron chi connectivity index (χ0n) is 7.84. The molecular formula is C7H7ClN4O2S2. The van der Waals surface area contributed by atoms with Crippen molar-refractivity contribution in [3.05, 3.63) is 28.6 Å². The lowest BCUT2D eigenvalue weighted by molar-refractivity contribution is 0.581. The van der Waals surface area contributed by atoms with E-state index in [4.69, 9.17) is 11.6 Å². The van der Waals surface area contributed by atoms with Crippen LogP contribution in [0, 0.1) is 0 Å². The van der Waals surface area contributed by atoms with Gasteiger partial charge in [0.25, 0.3) is 10.0 Å². The molecule has 0 saturated carbocycles. The molecule has 86 valence electrons. The molecule has 0 aliphatic carbocycles. The normalized spacial score (nSPS) is 11.8. The van der Waals surface area contributed by atoms with Crippen LogP contribution in [-0.2, 0) is 16.6 Å². The summed E-state index contributed by atoms with van der Waals surface area (Å²) in [4.78, 5) is 3.80. The predicted molar refractivity (Wildman–Crippen MR) is 59.7 cm³/mol. The topological polar surface area (TPSA) is 87.7 Å². The lowest BCUT2D eigenvalue weighted by Crippen LogP contribution is -2.22. The van der Waals surface area contributed by atoms with E-state index in [9.17, 15) is 8.42 Å². The Morgan fingerprint density at radius 1 is 1.50 bits per heavy atom. The van der Waals surface area contributed by atoms with Crippen molar-refractivity contribution >= 4 is 33.0 Å². The smallest absolute Gasteiger partial charge is 0.250 e. The molecule has 0 spiro atoms. The molecule has 16 heavy (non-hydrogen) atoms. The Morgan fingerprint density at radius 2 is 2.31 bits per heavy atom. The third-order valence-electron chi connectivity index (χ3n) is 1.71. The van der Waals surface area contributed by atoms with Crippen LogP contribution in [0.2, 0.25) is 4.34 Å². The molecule has 2 aromatic rings. The Morgan fingerprint density at radius 3 is 2.88 bits per heavy atom. The third kappa shape index (κ3) is 2.59. The number of rotatable bonds is 4. The summed E-state index contributed by atoms with van der Waals surface area (Å²) < 4.78 is 26.4. The van der Waals surface area contributed by atoms with Crippen molar-refractivity contribution in [1.29, 1.82) is 0 Å². The molecule has 0 fully saturated rings. The van der Waals surface area contributed by atoms with Crippen LogP contribution >= 0.6 is 22.9 Å². The predicted octanol–water partition coefficient (Wildman–Crippen LogP) is 0.998. The van der Waals surface area contributed by atoms with Crippen LogP contribution in [0.1, 0.15) is 5.82 Å². The van der Waals surface area contributed by atoms with Crippen LogP contribution in [0.4, 0.5) is 0 Å². The maximum absolute atomic E-state index is 11.7. The summed E-state index contributed by atoms with van der Waals surface area (Å²) in [7, 11) is -3.52. The van der Waals surface area contributed by atoms with Gasteiger partial charge in [-0.25, -0.2) is 18.1 Å². The molecule has 2 N–H and O–H groups in total. The first kappa shape index (κ1) is 11.5. The average molecular weight is 279 g/mol. The quantitative estimate of drug-likeness (QED) is 0.873. The van der Waals surface area contributed by atoms with Crippen molar-refractivity contribution < 1.29 is 8.42 Å². The van der Waals surface area contributed by atoms with Crippen molar-refractivity contribution in [2.24, 2.45) is 0 Å². The largest absolute Gasteiger partial charge is 0.262 e. The second-order valence-electron chi connectivity index (χ2n) is 2.82. The monoisotopic (exact) mass is 278 g/mol. The molecule has 0 aromatic carbocycles. The summed E-state index contributed by atoms with van der Waals surface area (Å²) in [6.07, 6.45) is 1.31. The lowest BCUT2D eigenvalue weighted by atomic mass is 10.6.